The predicted molar refractivity (Wildman–Crippen MR) is 106 cm³/mol. The highest BCUT2D eigenvalue weighted by Crippen LogP contribution is 2.28. The molecule has 1 aromatic rings. The maximum absolute atomic E-state index is 12.6. The summed E-state index contributed by atoms with van der Waals surface area (Å²) in [5, 5.41) is 0. The largest absolute Gasteiger partial charge is 0.458 e. The van der Waals surface area contributed by atoms with Crippen molar-refractivity contribution in [2.24, 2.45) is 5.92 Å². The molecular formula is C20H32N2O4S. The number of nitrogens with zero attached hydrogens (tertiary/aromatic N) is 2. The van der Waals surface area contributed by atoms with E-state index in [0.29, 0.717) is 24.6 Å². The summed E-state index contributed by atoms with van der Waals surface area (Å²) in [5.41, 5.74) is 0.391. The van der Waals surface area contributed by atoms with Crippen LogP contribution in [0.1, 0.15) is 49.9 Å². The molecule has 0 spiro atoms. The molecule has 0 saturated heterocycles. The summed E-state index contributed by atoms with van der Waals surface area (Å²) in [4.78, 5) is 14.9. The number of sulfonamides is 1. The highest BCUT2D eigenvalue weighted by atomic mass is 32.2. The SMILES string of the molecule is CCN(CC)S(=O)(=O)c1ccc(C(=O)O[C@@H]2CCCC[C@@H]2CN(C)C)cc1. The van der Waals surface area contributed by atoms with Crippen LogP contribution in [0, 0.1) is 5.92 Å². The summed E-state index contributed by atoms with van der Waals surface area (Å²) in [6, 6.07) is 6.07. The van der Waals surface area contributed by atoms with Crippen LogP contribution in [0.4, 0.5) is 0 Å². The second-order valence-corrected chi connectivity index (χ2v) is 9.30. The number of esters is 1. The lowest BCUT2D eigenvalue weighted by Gasteiger charge is -2.32. The van der Waals surface area contributed by atoms with Crippen molar-refractivity contribution in [2.75, 3.05) is 33.7 Å². The zero-order valence-electron chi connectivity index (χ0n) is 16.8. The number of ether oxygens (including phenoxy) is 1. The summed E-state index contributed by atoms with van der Waals surface area (Å²) >= 11 is 0. The molecule has 0 aromatic heterocycles. The fourth-order valence-electron chi connectivity index (χ4n) is 3.69. The highest BCUT2D eigenvalue weighted by molar-refractivity contribution is 7.89. The molecule has 0 heterocycles. The van der Waals surface area contributed by atoms with E-state index in [1.54, 1.807) is 26.0 Å². The first-order chi connectivity index (χ1) is 12.8. The molecule has 0 aliphatic heterocycles. The smallest absolute Gasteiger partial charge is 0.338 e. The molecule has 0 bridgehead atoms. The van der Waals surface area contributed by atoms with Gasteiger partial charge in [-0.2, -0.15) is 4.31 Å². The topological polar surface area (TPSA) is 66.9 Å². The molecule has 0 radical (unpaired) electrons. The van der Waals surface area contributed by atoms with Crippen molar-refractivity contribution in [2.45, 2.75) is 50.5 Å². The van der Waals surface area contributed by atoms with Gasteiger partial charge in [0.2, 0.25) is 10.0 Å². The van der Waals surface area contributed by atoms with Gasteiger partial charge in [-0.3, -0.25) is 0 Å². The van der Waals surface area contributed by atoms with Gasteiger partial charge in [-0.15, -0.1) is 0 Å². The van der Waals surface area contributed by atoms with E-state index in [4.69, 9.17) is 4.74 Å². The van der Waals surface area contributed by atoms with Crippen molar-refractivity contribution in [1.82, 2.24) is 9.21 Å². The molecule has 152 valence electrons. The summed E-state index contributed by atoms with van der Waals surface area (Å²) < 4.78 is 32.3. The van der Waals surface area contributed by atoms with Gasteiger partial charge < -0.3 is 9.64 Å². The van der Waals surface area contributed by atoms with E-state index in [1.165, 1.54) is 22.9 Å². The molecule has 2 rings (SSSR count). The zero-order chi connectivity index (χ0) is 20.0. The molecule has 1 fully saturated rings. The van der Waals surface area contributed by atoms with Crippen molar-refractivity contribution >= 4 is 16.0 Å². The predicted octanol–water partition coefficient (Wildman–Crippen LogP) is 2.99. The maximum atomic E-state index is 12.6. The molecule has 1 aliphatic rings. The van der Waals surface area contributed by atoms with E-state index < -0.39 is 10.0 Å². The molecular weight excluding hydrogens is 364 g/mol. The van der Waals surface area contributed by atoms with Crippen molar-refractivity contribution in [1.29, 1.82) is 0 Å². The number of hydrogen-bond donors (Lipinski definition) is 0. The van der Waals surface area contributed by atoms with Crippen LogP contribution in [0.2, 0.25) is 0 Å². The normalized spacial score (nSPS) is 20.8. The molecule has 0 unspecified atom stereocenters. The number of carbonyl (C=O) groups excluding carboxylic acids is 1. The molecule has 1 saturated carbocycles. The minimum atomic E-state index is -3.52. The third-order valence-corrected chi connectivity index (χ3v) is 7.19. The van der Waals surface area contributed by atoms with Crippen LogP contribution in [-0.4, -0.2) is 63.4 Å². The quantitative estimate of drug-likeness (QED) is 0.632. The maximum Gasteiger partial charge on any atom is 0.338 e. The van der Waals surface area contributed by atoms with Gasteiger partial charge in [-0.1, -0.05) is 20.3 Å². The Morgan fingerprint density at radius 2 is 1.67 bits per heavy atom. The van der Waals surface area contributed by atoms with Gasteiger partial charge in [-0.05, 0) is 57.6 Å². The Labute approximate surface area is 163 Å². The van der Waals surface area contributed by atoms with Crippen LogP contribution in [0.15, 0.2) is 29.2 Å². The number of rotatable bonds is 8. The lowest BCUT2D eigenvalue weighted by Crippen LogP contribution is -2.36. The summed E-state index contributed by atoms with van der Waals surface area (Å²) in [5.74, 6) is -0.0301. The minimum absolute atomic E-state index is 0.0762. The van der Waals surface area contributed by atoms with E-state index in [2.05, 4.69) is 4.90 Å². The third kappa shape index (κ3) is 5.53. The van der Waals surface area contributed by atoms with Crippen molar-refractivity contribution in [3.63, 3.8) is 0 Å². The van der Waals surface area contributed by atoms with Gasteiger partial charge in [0.25, 0.3) is 0 Å². The highest BCUT2D eigenvalue weighted by Gasteiger charge is 2.29. The first-order valence-electron chi connectivity index (χ1n) is 9.75. The van der Waals surface area contributed by atoms with Gasteiger partial charge in [0, 0.05) is 25.6 Å². The Balaban J connectivity index is 2.09. The fourth-order valence-corrected chi connectivity index (χ4v) is 5.15. The Kier molecular flexibility index (Phi) is 7.82. The van der Waals surface area contributed by atoms with Gasteiger partial charge in [-0.25, -0.2) is 13.2 Å². The van der Waals surface area contributed by atoms with E-state index >= 15 is 0 Å². The summed E-state index contributed by atoms with van der Waals surface area (Å²) in [6.45, 7) is 5.34. The Morgan fingerprint density at radius 1 is 1.07 bits per heavy atom. The molecule has 1 aliphatic carbocycles. The van der Waals surface area contributed by atoms with Crippen LogP contribution in [-0.2, 0) is 14.8 Å². The van der Waals surface area contributed by atoms with Crippen LogP contribution >= 0.6 is 0 Å². The van der Waals surface area contributed by atoms with E-state index in [0.717, 1.165) is 25.8 Å². The number of benzene rings is 1. The van der Waals surface area contributed by atoms with Gasteiger partial charge in [0.15, 0.2) is 0 Å². The Bertz CT molecular complexity index is 712. The van der Waals surface area contributed by atoms with E-state index in [1.807, 2.05) is 14.1 Å². The second-order valence-electron chi connectivity index (χ2n) is 7.36. The first-order valence-corrected chi connectivity index (χ1v) is 11.2. The van der Waals surface area contributed by atoms with Crippen LogP contribution in [0.25, 0.3) is 0 Å². The zero-order valence-corrected chi connectivity index (χ0v) is 17.7. The van der Waals surface area contributed by atoms with Gasteiger partial charge >= 0.3 is 5.97 Å². The molecule has 7 heteroatoms. The first kappa shape index (κ1) is 21.9. The van der Waals surface area contributed by atoms with E-state index in [9.17, 15) is 13.2 Å². The Hall–Kier alpha value is -1.44. The standard InChI is InChI=1S/C20H32N2O4S/c1-5-22(6-2)27(24,25)18-13-11-16(12-14-18)20(23)26-19-10-8-7-9-17(19)15-21(3)4/h11-14,17,19H,5-10,15H2,1-4H3/t17-,19-/m1/s1. The van der Waals surface area contributed by atoms with Gasteiger partial charge in [0.1, 0.15) is 6.10 Å². The minimum Gasteiger partial charge on any atom is -0.458 e. The average molecular weight is 397 g/mol. The van der Waals surface area contributed by atoms with Crippen LogP contribution in [0.5, 0.6) is 0 Å². The average Bonchev–Trinajstić information content (AvgIpc) is 2.64. The Morgan fingerprint density at radius 3 is 2.22 bits per heavy atom. The number of hydrogen-bond acceptors (Lipinski definition) is 5. The summed E-state index contributed by atoms with van der Waals surface area (Å²) in [6.07, 6.45) is 4.12. The molecule has 2 atom stereocenters. The fraction of sp³-hybridized carbons (Fsp3) is 0.650. The summed E-state index contributed by atoms with van der Waals surface area (Å²) in [7, 11) is 0.543. The van der Waals surface area contributed by atoms with Crippen molar-refractivity contribution in [3.05, 3.63) is 29.8 Å². The molecule has 0 amide bonds. The van der Waals surface area contributed by atoms with Crippen molar-refractivity contribution in [3.8, 4) is 0 Å². The number of carbonyl (C=O) groups is 1. The van der Waals surface area contributed by atoms with E-state index in [-0.39, 0.29) is 17.0 Å². The molecule has 27 heavy (non-hydrogen) atoms. The van der Waals surface area contributed by atoms with Gasteiger partial charge in [0.05, 0.1) is 10.5 Å². The molecule has 6 nitrogen and oxygen atoms in total. The molecule has 0 N–H and O–H groups in total. The second kappa shape index (κ2) is 9.66. The lowest BCUT2D eigenvalue weighted by atomic mass is 9.86. The van der Waals surface area contributed by atoms with Crippen LogP contribution < -0.4 is 0 Å². The third-order valence-electron chi connectivity index (χ3n) is 5.13. The van der Waals surface area contributed by atoms with Crippen molar-refractivity contribution < 1.29 is 17.9 Å². The lowest BCUT2D eigenvalue weighted by molar-refractivity contribution is -0.00325. The van der Waals surface area contributed by atoms with Crippen LogP contribution in [0.3, 0.4) is 0 Å². The molecule has 1 aromatic carbocycles. The monoisotopic (exact) mass is 396 g/mol.